The lowest BCUT2D eigenvalue weighted by atomic mass is 10.0. The SMILES string of the molecule is COc1cc(Cl)c(C)cc1NC(C)c1ccccc1C. The van der Waals surface area contributed by atoms with Crippen molar-refractivity contribution < 1.29 is 4.74 Å². The third-order valence-corrected chi connectivity index (χ3v) is 3.91. The van der Waals surface area contributed by atoms with Crippen LogP contribution in [0.4, 0.5) is 5.69 Å². The van der Waals surface area contributed by atoms with E-state index in [0.717, 1.165) is 22.0 Å². The van der Waals surface area contributed by atoms with Crippen molar-refractivity contribution >= 4 is 17.3 Å². The summed E-state index contributed by atoms with van der Waals surface area (Å²) in [5.74, 6) is 0.765. The molecule has 0 spiro atoms. The van der Waals surface area contributed by atoms with Gasteiger partial charge in [-0.2, -0.15) is 0 Å². The third-order valence-electron chi connectivity index (χ3n) is 3.51. The number of aryl methyl sites for hydroxylation is 2. The Morgan fingerprint density at radius 2 is 1.80 bits per heavy atom. The van der Waals surface area contributed by atoms with Crippen molar-refractivity contribution in [2.75, 3.05) is 12.4 Å². The van der Waals surface area contributed by atoms with Crippen molar-refractivity contribution in [3.05, 3.63) is 58.1 Å². The molecule has 106 valence electrons. The Kier molecular flexibility index (Phi) is 4.56. The van der Waals surface area contributed by atoms with Gasteiger partial charge in [-0.15, -0.1) is 0 Å². The van der Waals surface area contributed by atoms with Gasteiger partial charge in [0.2, 0.25) is 0 Å². The summed E-state index contributed by atoms with van der Waals surface area (Å²) in [6, 6.07) is 12.5. The molecule has 0 aliphatic carbocycles. The second-order valence-corrected chi connectivity index (χ2v) is 5.43. The molecule has 2 nitrogen and oxygen atoms in total. The van der Waals surface area contributed by atoms with Crippen molar-refractivity contribution in [2.45, 2.75) is 26.8 Å². The lowest BCUT2D eigenvalue weighted by Gasteiger charge is -2.20. The van der Waals surface area contributed by atoms with Crippen molar-refractivity contribution in [1.82, 2.24) is 0 Å². The Labute approximate surface area is 125 Å². The van der Waals surface area contributed by atoms with Crippen LogP contribution in [0.1, 0.15) is 29.7 Å². The molecule has 0 aliphatic rings. The third kappa shape index (κ3) is 3.07. The molecule has 0 radical (unpaired) electrons. The molecule has 1 atom stereocenters. The first-order valence-electron chi connectivity index (χ1n) is 6.69. The van der Waals surface area contributed by atoms with Crippen molar-refractivity contribution in [1.29, 1.82) is 0 Å². The van der Waals surface area contributed by atoms with Crippen LogP contribution in [0.25, 0.3) is 0 Å². The molecule has 20 heavy (non-hydrogen) atoms. The molecule has 1 N–H and O–H groups in total. The Balaban J connectivity index is 2.30. The maximum absolute atomic E-state index is 6.14. The van der Waals surface area contributed by atoms with Gasteiger partial charge in [0, 0.05) is 17.1 Å². The van der Waals surface area contributed by atoms with E-state index in [9.17, 15) is 0 Å². The van der Waals surface area contributed by atoms with E-state index in [2.05, 4.69) is 43.4 Å². The van der Waals surface area contributed by atoms with Gasteiger partial charge in [0.1, 0.15) is 5.75 Å². The monoisotopic (exact) mass is 289 g/mol. The molecule has 2 rings (SSSR count). The number of hydrogen-bond acceptors (Lipinski definition) is 2. The Bertz CT molecular complexity index is 610. The Hall–Kier alpha value is -1.67. The van der Waals surface area contributed by atoms with E-state index in [0.29, 0.717) is 0 Å². The molecule has 2 aromatic rings. The summed E-state index contributed by atoms with van der Waals surface area (Å²) in [7, 11) is 1.66. The highest BCUT2D eigenvalue weighted by atomic mass is 35.5. The molecular formula is C17H20ClNO. The van der Waals surface area contributed by atoms with Crippen molar-refractivity contribution in [3.8, 4) is 5.75 Å². The molecule has 0 bridgehead atoms. The number of halogens is 1. The van der Waals surface area contributed by atoms with Crippen LogP contribution >= 0.6 is 11.6 Å². The fourth-order valence-corrected chi connectivity index (χ4v) is 2.48. The summed E-state index contributed by atoms with van der Waals surface area (Å²) in [4.78, 5) is 0. The number of benzene rings is 2. The number of rotatable bonds is 4. The van der Waals surface area contributed by atoms with E-state index in [-0.39, 0.29) is 6.04 Å². The lowest BCUT2D eigenvalue weighted by Crippen LogP contribution is -2.09. The fraction of sp³-hybridized carbons (Fsp3) is 0.294. The predicted octanol–water partition coefficient (Wildman–Crippen LogP) is 5.14. The number of anilines is 1. The van der Waals surface area contributed by atoms with Gasteiger partial charge in [-0.1, -0.05) is 35.9 Å². The minimum absolute atomic E-state index is 0.200. The minimum Gasteiger partial charge on any atom is -0.495 e. The first-order valence-corrected chi connectivity index (χ1v) is 7.07. The Morgan fingerprint density at radius 1 is 1.10 bits per heavy atom. The average molecular weight is 290 g/mol. The van der Waals surface area contributed by atoms with Gasteiger partial charge in [0.15, 0.2) is 0 Å². The first-order chi connectivity index (χ1) is 9.52. The first kappa shape index (κ1) is 14.7. The molecule has 0 heterocycles. The molecular weight excluding hydrogens is 270 g/mol. The number of ether oxygens (including phenoxy) is 1. The summed E-state index contributed by atoms with van der Waals surface area (Å²) in [5, 5.41) is 4.22. The Morgan fingerprint density at radius 3 is 2.45 bits per heavy atom. The van der Waals surface area contributed by atoms with Gasteiger partial charge in [-0.05, 0) is 43.5 Å². The summed E-state index contributed by atoms with van der Waals surface area (Å²) < 4.78 is 5.40. The standard InChI is InChI=1S/C17H20ClNO/c1-11-7-5-6-8-14(11)13(3)19-16-9-12(2)15(18)10-17(16)20-4/h5-10,13,19H,1-4H3. The second-order valence-electron chi connectivity index (χ2n) is 5.02. The second kappa shape index (κ2) is 6.19. The number of hydrogen-bond donors (Lipinski definition) is 1. The van der Waals surface area contributed by atoms with E-state index in [1.807, 2.05) is 19.1 Å². The van der Waals surface area contributed by atoms with Gasteiger partial charge >= 0.3 is 0 Å². The normalized spacial score (nSPS) is 12.1. The molecule has 0 aliphatic heterocycles. The van der Waals surface area contributed by atoms with Gasteiger partial charge in [0.05, 0.1) is 12.8 Å². The molecule has 0 saturated heterocycles. The molecule has 1 unspecified atom stereocenters. The van der Waals surface area contributed by atoms with Crippen LogP contribution in [0, 0.1) is 13.8 Å². The zero-order valence-corrected chi connectivity index (χ0v) is 13.1. The van der Waals surface area contributed by atoms with Gasteiger partial charge in [0.25, 0.3) is 0 Å². The fourth-order valence-electron chi connectivity index (χ4n) is 2.33. The molecule has 0 saturated carbocycles. The van der Waals surface area contributed by atoms with Crippen molar-refractivity contribution in [2.24, 2.45) is 0 Å². The highest BCUT2D eigenvalue weighted by Gasteiger charge is 2.12. The van der Waals surface area contributed by atoms with Crippen LogP contribution in [0.3, 0.4) is 0 Å². The number of nitrogens with one attached hydrogen (secondary N) is 1. The maximum atomic E-state index is 6.14. The van der Waals surface area contributed by atoms with E-state index >= 15 is 0 Å². The van der Waals surface area contributed by atoms with Crippen LogP contribution < -0.4 is 10.1 Å². The van der Waals surface area contributed by atoms with E-state index < -0.39 is 0 Å². The summed E-state index contributed by atoms with van der Waals surface area (Å²) in [6.07, 6.45) is 0. The van der Waals surface area contributed by atoms with E-state index in [4.69, 9.17) is 16.3 Å². The highest BCUT2D eigenvalue weighted by molar-refractivity contribution is 6.31. The largest absolute Gasteiger partial charge is 0.495 e. The quantitative estimate of drug-likeness (QED) is 0.841. The van der Waals surface area contributed by atoms with E-state index in [1.54, 1.807) is 7.11 Å². The minimum atomic E-state index is 0.200. The maximum Gasteiger partial charge on any atom is 0.143 e. The summed E-state index contributed by atoms with van der Waals surface area (Å²) >= 11 is 6.14. The molecule has 0 aromatic heterocycles. The zero-order chi connectivity index (χ0) is 14.7. The zero-order valence-electron chi connectivity index (χ0n) is 12.3. The van der Waals surface area contributed by atoms with Gasteiger partial charge < -0.3 is 10.1 Å². The van der Waals surface area contributed by atoms with Crippen LogP contribution in [-0.4, -0.2) is 7.11 Å². The topological polar surface area (TPSA) is 21.3 Å². The van der Waals surface area contributed by atoms with Crippen LogP contribution in [0.5, 0.6) is 5.75 Å². The van der Waals surface area contributed by atoms with E-state index in [1.165, 1.54) is 11.1 Å². The molecule has 2 aromatic carbocycles. The van der Waals surface area contributed by atoms with Crippen LogP contribution in [0.15, 0.2) is 36.4 Å². The smallest absolute Gasteiger partial charge is 0.143 e. The summed E-state index contributed by atoms with van der Waals surface area (Å²) in [6.45, 7) is 6.26. The predicted molar refractivity (Wildman–Crippen MR) is 86.0 cm³/mol. The number of methoxy groups -OCH3 is 1. The molecule has 0 fully saturated rings. The molecule has 3 heteroatoms. The average Bonchev–Trinajstić information content (AvgIpc) is 2.43. The van der Waals surface area contributed by atoms with Crippen LogP contribution in [-0.2, 0) is 0 Å². The van der Waals surface area contributed by atoms with Crippen molar-refractivity contribution in [3.63, 3.8) is 0 Å². The molecule has 0 amide bonds. The van der Waals surface area contributed by atoms with Crippen LogP contribution in [0.2, 0.25) is 5.02 Å². The summed E-state index contributed by atoms with van der Waals surface area (Å²) in [5.41, 5.74) is 4.55. The van der Waals surface area contributed by atoms with Gasteiger partial charge in [-0.25, -0.2) is 0 Å². The van der Waals surface area contributed by atoms with Gasteiger partial charge in [-0.3, -0.25) is 0 Å². The lowest BCUT2D eigenvalue weighted by molar-refractivity contribution is 0.416. The highest BCUT2D eigenvalue weighted by Crippen LogP contribution is 2.33.